The number of carbonyl (C=O) groups excluding carboxylic acids is 1. The average Bonchev–Trinajstić information content (AvgIpc) is 3.27. The Kier molecular flexibility index (Phi) is 4.69. The Balaban J connectivity index is 1.78. The first-order valence-electron chi connectivity index (χ1n) is 8.31. The number of amides is 1. The van der Waals surface area contributed by atoms with E-state index >= 15 is 0 Å². The third-order valence-electron chi connectivity index (χ3n) is 4.11. The summed E-state index contributed by atoms with van der Waals surface area (Å²) in [4.78, 5) is 12.5. The Labute approximate surface area is 145 Å². The molecule has 1 N–H and O–H groups in total. The lowest BCUT2D eigenvalue weighted by molar-refractivity contribution is 0.0987. The van der Waals surface area contributed by atoms with Crippen molar-refractivity contribution in [3.8, 4) is 11.3 Å². The lowest BCUT2D eigenvalue weighted by Crippen LogP contribution is -2.15. The second-order valence-corrected chi connectivity index (χ2v) is 6.05. The first kappa shape index (κ1) is 16.9. The highest BCUT2D eigenvalue weighted by Gasteiger charge is 2.18. The van der Waals surface area contributed by atoms with Gasteiger partial charge in [-0.1, -0.05) is 18.5 Å². The van der Waals surface area contributed by atoms with E-state index in [0.29, 0.717) is 11.5 Å². The molecule has 0 aliphatic heterocycles. The molecule has 0 bridgehead atoms. The molecular formula is C17H22N6O2. The van der Waals surface area contributed by atoms with Crippen LogP contribution in [0.3, 0.4) is 0 Å². The molecule has 0 unspecified atom stereocenters. The zero-order valence-electron chi connectivity index (χ0n) is 14.9. The number of unbranched alkanes of at least 4 members (excludes halogenated alkanes) is 1. The van der Waals surface area contributed by atoms with E-state index in [4.69, 9.17) is 4.52 Å². The van der Waals surface area contributed by atoms with Crippen molar-refractivity contribution in [3.63, 3.8) is 0 Å². The Hall–Kier alpha value is -2.90. The van der Waals surface area contributed by atoms with Crippen LogP contribution in [0, 0.1) is 13.8 Å². The van der Waals surface area contributed by atoms with Crippen LogP contribution in [0.5, 0.6) is 0 Å². The lowest BCUT2D eigenvalue weighted by Gasteiger charge is -2.06. The molecule has 3 rings (SSSR count). The van der Waals surface area contributed by atoms with Crippen molar-refractivity contribution in [2.75, 3.05) is 5.32 Å². The molecule has 0 saturated carbocycles. The minimum Gasteiger partial charge on any atom is -0.350 e. The lowest BCUT2D eigenvalue weighted by atomic mass is 10.2. The van der Waals surface area contributed by atoms with Crippen molar-refractivity contribution in [3.05, 3.63) is 35.5 Å². The summed E-state index contributed by atoms with van der Waals surface area (Å²) in [5, 5.41) is 15.4. The molecule has 0 saturated heterocycles. The second-order valence-electron chi connectivity index (χ2n) is 6.05. The SMILES string of the molecule is CCCCn1nc(C)cc1NC(=O)c1cc(-c2cnn(C)c2C)no1. The minimum atomic E-state index is -0.349. The fourth-order valence-electron chi connectivity index (χ4n) is 2.56. The average molecular weight is 342 g/mol. The monoisotopic (exact) mass is 342 g/mol. The summed E-state index contributed by atoms with van der Waals surface area (Å²) in [7, 11) is 1.85. The highest BCUT2D eigenvalue weighted by molar-refractivity contribution is 6.02. The molecule has 132 valence electrons. The third kappa shape index (κ3) is 3.47. The largest absolute Gasteiger partial charge is 0.350 e. The van der Waals surface area contributed by atoms with Crippen LogP contribution in [-0.2, 0) is 13.6 Å². The Morgan fingerprint density at radius 1 is 1.32 bits per heavy atom. The molecule has 8 nitrogen and oxygen atoms in total. The zero-order valence-corrected chi connectivity index (χ0v) is 14.9. The normalized spacial score (nSPS) is 11.0. The van der Waals surface area contributed by atoms with Crippen LogP contribution in [0.15, 0.2) is 22.9 Å². The van der Waals surface area contributed by atoms with Gasteiger partial charge in [0, 0.05) is 37.0 Å². The maximum Gasteiger partial charge on any atom is 0.295 e. The van der Waals surface area contributed by atoms with Crippen LogP contribution < -0.4 is 5.32 Å². The topological polar surface area (TPSA) is 90.8 Å². The fourth-order valence-corrected chi connectivity index (χ4v) is 2.56. The van der Waals surface area contributed by atoms with Gasteiger partial charge in [0.15, 0.2) is 0 Å². The summed E-state index contributed by atoms with van der Waals surface area (Å²) in [6, 6.07) is 3.47. The molecule has 1 amide bonds. The first-order chi connectivity index (χ1) is 12.0. The highest BCUT2D eigenvalue weighted by atomic mass is 16.5. The molecule has 0 aliphatic rings. The van der Waals surface area contributed by atoms with E-state index in [0.717, 1.165) is 36.3 Å². The van der Waals surface area contributed by atoms with Gasteiger partial charge in [-0.05, 0) is 20.3 Å². The molecule has 3 heterocycles. The van der Waals surface area contributed by atoms with Crippen molar-refractivity contribution >= 4 is 11.7 Å². The number of nitrogens with zero attached hydrogens (tertiary/aromatic N) is 5. The van der Waals surface area contributed by atoms with Crippen molar-refractivity contribution in [2.24, 2.45) is 7.05 Å². The molecule has 0 aromatic carbocycles. The van der Waals surface area contributed by atoms with Crippen molar-refractivity contribution < 1.29 is 9.32 Å². The second kappa shape index (κ2) is 6.92. The fraction of sp³-hybridized carbons (Fsp3) is 0.412. The smallest absolute Gasteiger partial charge is 0.295 e. The van der Waals surface area contributed by atoms with Crippen LogP contribution >= 0.6 is 0 Å². The maximum absolute atomic E-state index is 12.5. The summed E-state index contributed by atoms with van der Waals surface area (Å²) in [5.41, 5.74) is 3.24. The molecule has 0 aliphatic carbocycles. The van der Waals surface area contributed by atoms with Crippen LogP contribution in [0.2, 0.25) is 0 Å². The summed E-state index contributed by atoms with van der Waals surface area (Å²) < 4.78 is 8.77. The van der Waals surface area contributed by atoms with E-state index in [1.54, 1.807) is 21.6 Å². The Morgan fingerprint density at radius 3 is 2.80 bits per heavy atom. The number of hydrogen-bond donors (Lipinski definition) is 1. The standard InChI is InChI=1S/C17H22N6O2/c1-5-6-7-23-16(8-11(2)20-23)19-17(24)15-9-14(21-25-15)13-10-18-22(4)12(13)3/h8-10H,5-7H2,1-4H3,(H,19,24). The van der Waals surface area contributed by atoms with Crippen LogP contribution in [-0.4, -0.2) is 30.6 Å². The van der Waals surface area contributed by atoms with Crippen LogP contribution in [0.4, 0.5) is 5.82 Å². The van der Waals surface area contributed by atoms with E-state index in [1.807, 2.05) is 27.0 Å². The van der Waals surface area contributed by atoms with Gasteiger partial charge in [0.1, 0.15) is 11.5 Å². The molecule has 8 heteroatoms. The van der Waals surface area contributed by atoms with Crippen molar-refractivity contribution in [1.29, 1.82) is 0 Å². The molecule has 25 heavy (non-hydrogen) atoms. The van der Waals surface area contributed by atoms with E-state index in [-0.39, 0.29) is 11.7 Å². The van der Waals surface area contributed by atoms with Crippen LogP contribution in [0.1, 0.15) is 41.7 Å². The molecule has 0 spiro atoms. The number of anilines is 1. The molecule has 0 fully saturated rings. The van der Waals surface area contributed by atoms with E-state index < -0.39 is 0 Å². The molecule has 3 aromatic heterocycles. The third-order valence-corrected chi connectivity index (χ3v) is 4.11. The number of rotatable bonds is 6. The van der Waals surface area contributed by atoms with E-state index in [1.165, 1.54) is 0 Å². The summed E-state index contributed by atoms with van der Waals surface area (Å²) in [6.07, 6.45) is 3.76. The molecule has 3 aromatic rings. The predicted molar refractivity (Wildman–Crippen MR) is 93.3 cm³/mol. The first-order valence-corrected chi connectivity index (χ1v) is 8.31. The highest BCUT2D eigenvalue weighted by Crippen LogP contribution is 2.23. The predicted octanol–water partition coefficient (Wildman–Crippen LogP) is 2.94. The van der Waals surface area contributed by atoms with Gasteiger partial charge in [-0.15, -0.1) is 0 Å². The van der Waals surface area contributed by atoms with E-state index in [9.17, 15) is 4.79 Å². The quantitative estimate of drug-likeness (QED) is 0.744. The van der Waals surface area contributed by atoms with Gasteiger partial charge < -0.3 is 9.84 Å². The minimum absolute atomic E-state index is 0.152. The Bertz CT molecular complexity index is 889. The summed E-state index contributed by atoms with van der Waals surface area (Å²) in [6.45, 7) is 6.71. The van der Waals surface area contributed by atoms with Gasteiger partial charge in [0.25, 0.3) is 5.91 Å². The molecule has 0 radical (unpaired) electrons. The summed E-state index contributed by atoms with van der Waals surface area (Å²) >= 11 is 0. The number of carbonyl (C=O) groups is 1. The maximum atomic E-state index is 12.5. The number of hydrogen-bond acceptors (Lipinski definition) is 5. The van der Waals surface area contributed by atoms with Crippen LogP contribution in [0.25, 0.3) is 11.3 Å². The van der Waals surface area contributed by atoms with Gasteiger partial charge >= 0.3 is 0 Å². The molecular weight excluding hydrogens is 320 g/mol. The summed E-state index contributed by atoms with van der Waals surface area (Å²) in [5.74, 6) is 0.462. The number of nitrogens with one attached hydrogen (secondary N) is 1. The van der Waals surface area contributed by atoms with Gasteiger partial charge in [-0.2, -0.15) is 10.2 Å². The van der Waals surface area contributed by atoms with E-state index in [2.05, 4.69) is 27.6 Å². The van der Waals surface area contributed by atoms with Gasteiger partial charge in [0.05, 0.1) is 11.9 Å². The zero-order chi connectivity index (χ0) is 18.0. The van der Waals surface area contributed by atoms with Crippen molar-refractivity contribution in [1.82, 2.24) is 24.7 Å². The van der Waals surface area contributed by atoms with Gasteiger partial charge in [-0.3, -0.25) is 9.48 Å². The Morgan fingerprint density at radius 2 is 2.12 bits per heavy atom. The van der Waals surface area contributed by atoms with Crippen molar-refractivity contribution in [2.45, 2.75) is 40.2 Å². The van der Waals surface area contributed by atoms with Gasteiger partial charge in [-0.25, -0.2) is 4.68 Å². The molecule has 0 atom stereocenters. The number of aromatic nitrogens is 5. The van der Waals surface area contributed by atoms with Gasteiger partial charge in [0.2, 0.25) is 5.76 Å². The number of aryl methyl sites for hydroxylation is 3.